The second kappa shape index (κ2) is 8.55. The highest BCUT2D eigenvalue weighted by Crippen LogP contribution is 2.27. The molecule has 0 atom stereocenters. The summed E-state index contributed by atoms with van der Waals surface area (Å²) in [5, 5.41) is 5.69. The standard InChI is InChI=1S/C17H16F3N3O5/c1-10-3-4-11(16(26)27-2)7-12(10)21-14(24)9-28-15(25)8-23-6-5-13(22-23)17(18,19)20/h3-7H,8-9H2,1-2H3,(H,21,24). The number of hydrogen-bond acceptors (Lipinski definition) is 6. The zero-order chi connectivity index (χ0) is 20.9. The van der Waals surface area contributed by atoms with Crippen LogP contribution >= 0.6 is 0 Å². The minimum Gasteiger partial charge on any atom is -0.465 e. The Kier molecular flexibility index (Phi) is 6.39. The Morgan fingerprint density at radius 1 is 1.21 bits per heavy atom. The van der Waals surface area contributed by atoms with Gasteiger partial charge in [-0.3, -0.25) is 14.3 Å². The number of aryl methyl sites for hydroxylation is 1. The normalized spacial score (nSPS) is 11.0. The van der Waals surface area contributed by atoms with E-state index in [1.54, 1.807) is 13.0 Å². The lowest BCUT2D eigenvalue weighted by atomic mass is 10.1. The van der Waals surface area contributed by atoms with Gasteiger partial charge < -0.3 is 14.8 Å². The smallest absolute Gasteiger partial charge is 0.435 e. The van der Waals surface area contributed by atoms with Crippen molar-refractivity contribution in [1.82, 2.24) is 9.78 Å². The summed E-state index contributed by atoms with van der Waals surface area (Å²) < 4.78 is 47.5. The van der Waals surface area contributed by atoms with Gasteiger partial charge in [-0.15, -0.1) is 0 Å². The van der Waals surface area contributed by atoms with E-state index in [9.17, 15) is 27.6 Å². The predicted molar refractivity (Wildman–Crippen MR) is 89.3 cm³/mol. The Balaban J connectivity index is 1.89. The van der Waals surface area contributed by atoms with Gasteiger partial charge >= 0.3 is 18.1 Å². The van der Waals surface area contributed by atoms with Crippen LogP contribution in [-0.2, 0) is 31.8 Å². The van der Waals surface area contributed by atoms with Gasteiger partial charge in [-0.25, -0.2) is 4.79 Å². The fraction of sp³-hybridized carbons (Fsp3) is 0.294. The van der Waals surface area contributed by atoms with E-state index in [0.29, 0.717) is 11.3 Å². The summed E-state index contributed by atoms with van der Waals surface area (Å²) in [5.41, 5.74) is 0.0629. The first-order valence-corrected chi connectivity index (χ1v) is 7.85. The third-order valence-corrected chi connectivity index (χ3v) is 3.52. The van der Waals surface area contributed by atoms with Crippen LogP contribution in [0.3, 0.4) is 0 Å². The number of hydrogen-bond donors (Lipinski definition) is 1. The van der Waals surface area contributed by atoms with Crippen molar-refractivity contribution in [3.63, 3.8) is 0 Å². The number of nitrogens with zero attached hydrogens (tertiary/aromatic N) is 2. The van der Waals surface area contributed by atoms with Gasteiger partial charge in [-0.05, 0) is 30.7 Å². The van der Waals surface area contributed by atoms with Crippen molar-refractivity contribution in [1.29, 1.82) is 0 Å². The molecule has 2 rings (SSSR count). The number of aromatic nitrogens is 2. The average molecular weight is 399 g/mol. The van der Waals surface area contributed by atoms with Gasteiger partial charge in [0.05, 0.1) is 12.7 Å². The number of carbonyl (C=O) groups is 3. The van der Waals surface area contributed by atoms with E-state index in [-0.39, 0.29) is 5.56 Å². The second-order valence-corrected chi connectivity index (χ2v) is 5.63. The molecule has 1 aromatic carbocycles. The Morgan fingerprint density at radius 3 is 2.54 bits per heavy atom. The van der Waals surface area contributed by atoms with Gasteiger partial charge in [0.15, 0.2) is 12.3 Å². The highest BCUT2D eigenvalue weighted by Gasteiger charge is 2.33. The largest absolute Gasteiger partial charge is 0.465 e. The number of rotatable bonds is 6. The SMILES string of the molecule is COC(=O)c1ccc(C)c(NC(=O)COC(=O)Cn2ccc(C(F)(F)F)n2)c1. The number of benzene rings is 1. The van der Waals surface area contributed by atoms with Crippen molar-refractivity contribution in [3.8, 4) is 0 Å². The van der Waals surface area contributed by atoms with Crippen LogP contribution in [0.15, 0.2) is 30.5 Å². The van der Waals surface area contributed by atoms with Gasteiger partial charge in [0, 0.05) is 11.9 Å². The van der Waals surface area contributed by atoms with E-state index >= 15 is 0 Å². The third kappa shape index (κ3) is 5.56. The number of nitrogens with one attached hydrogen (secondary N) is 1. The molecule has 0 aliphatic heterocycles. The molecule has 0 radical (unpaired) electrons. The molecule has 8 nitrogen and oxygen atoms in total. The van der Waals surface area contributed by atoms with Gasteiger partial charge in [0.2, 0.25) is 0 Å². The molecule has 1 aromatic heterocycles. The summed E-state index contributed by atoms with van der Waals surface area (Å²) >= 11 is 0. The number of amides is 1. The van der Waals surface area contributed by atoms with E-state index in [0.717, 1.165) is 16.9 Å². The van der Waals surface area contributed by atoms with Crippen molar-refractivity contribution in [3.05, 3.63) is 47.3 Å². The molecule has 0 aliphatic rings. The van der Waals surface area contributed by atoms with E-state index in [4.69, 9.17) is 4.74 Å². The van der Waals surface area contributed by atoms with Gasteiger partial charge in [-0.2, -0.15) is 18.3 Å². The molecule has 1 N–H and O–H groups in total. The molecule has 1 amide bonds. The molecule has 0 spiro atoms. The monoisotopic (exact) mass is 399 g/mol. The number of esters is 2. The molecule has 1 heterocycles. The lowest BCUT2D eigenvalue weighted by molar-refractivity contribution is -0.148. The predicted octanol–water partition coefficient (Wildman–Crippen LogP) is 2.18. The van der Waals surface area contributed by atoms with E-state index in [1.165, 1.54) is 19.2 Å². The van der Waals surface area contributed by atoms with Crippen LogP contribution in [0.5, 0.6) is 0 Å². The molecule has 0 saturated heterocycles. The Hall–Kier alpha value is -3.37. The lowest BCUT2D eigenvalue weighted by Gasteiger charge is -2.10. The average Bonchev–Trinajstić information content (AvgIpc) is 3.10. The van der Waals surface area contributed by atoms with E-state index < -0.39 is 42.9 Å². The first kappa shape index (κ1) is 20.9. The Morgan fingerprint density at radius 2 is 1.93 bits per heavy atom. The fourth-order valence-electron chi connectivity index (χ4n) is 2.11. The number of halogens is 3. The van der Waals surface area contributed by atoms with Crippen molar-refractivity contribution >= 4 is 23.5 Å². The van der Waals surface area contributed by atoms with Crippen molar-refractivity contribution in [2.75, 3.05) is 19.0 Å². The first-order chi connectivity index (χ1) is 13.1. The zero-order valence-electron chi connectivity index (χ0n) is 14.9. The van der Waals surface area contributed by atoms with Crippen LogP contribution < -0.4 is 5.32 Å². The molecule has 0 fully saturated rings. The van der Waals surface area contributed by atoms with Gasteiger partial charge in [0.1, 0.15) is 6.54 Å². The van der Waals surface area contributed by atoms with Gasteiger partial charge in [-0.1, -0.05) is 6.07 Å². The molecule has 11 heteroatoms. The van der Waals surface area contributed by atoms with Crippen LogP contribution in [-0.4, -0.2) is 41.3 Å². The Bertz CT molecular complexity index is 892. The maximum atomic E-state index is 12.5. The summed E-state index contributed by atoms with van der Waals surface area (Å²) in [7, 11) is 1.22. The fourth-order valence-corrected chi connectivity index (χ4v) is 2.11. The summed E-state index contributed by atoms with van der Waals surface area (Å²) in [5.74, 6) is -2.21. The molecule has 0 saturated carbocycles. The minimum absolute atomic E-state index is 0.222. The second-order valence-electron chi connectivity index (χ2n) is 5.63. The molecule has 0 bridgehead atoms. The van der Waals surface area contributed by atoms with Crippen molar-refractivity contribution in [2.24, 2.45) is 0 Å². The topological polar surface area (TPSA) is 99.5 Å². The molecule has 2 aromatic rings. The van der Waals surface area contributed by atoms with Crippen LogP contribution in [0.2, 0.25) is 0 Å². The number of carbonyl (C=O) groups excluding carboxylic acids is 3. The van der Waals surface area contributed by atoms with Crippen molar-refractivity contribution < 1.29 is 37.0 Å². The van der Waals surface area contributed by atoms with Crippen LogP contribution in [0.4, 0.5) is 18.9 Å². The first-order valence-electron chi connectivity index (χ1n) is 7.85. The summed E-state index contributed by atoms with van der Waals surface area (Å²) in [4.78, 5) is 35.1. The van der Waals surface area contributed by atoms with Crippen LogP contribution in [0, 0.1) is 6.92 Å². The highest BCUT2D eigenvalue weighted by atomic mass is 19.4. The van der Waals surface area contributed by atoms with E-state index in [1.807, 2.05) is 0 Å². The Labute approximate surface area is 157 Å². The van der Waals surface area contributed by atoms with Crippen molar-refractivity contribution in [2.45, 2.75) is 19.6 Å². The molecular weight excluding hydrogens is 383 g/mol. The zero-order valence-corrected chi connectivity index (χ0v) is 14.9. The highest BCUT2D eigenvalue weighted by molar-refractivity contribution is 5.96. The summed E-state index contributed by atoms with van der Waals surface area (Å²) in [6, 6.07) is 5.25. The van der Waals surface area contributed by atoms with Crippen LogP contribution in [0.25, 0.3) is 0 Å². The molecular formula is C17H16F3N3O5. The van der Waals surface area contributed by atoms with Crippen LogP contribution in [0.1, 0.15) is 21.6 Å². The molecule has 28 heavy (non-hydrogen) atoms. The third-order valence-electron chi connectivity index (χ3n) is 3.52. The molecule has 0 unspecified atom stereocenters. The summed E-state index contributed by atoms with van der Waals surface area (Å²) in [6.45, 7) is 0.451. The maximum absolute atomic E-state index is 12.5. The number of methoxy groups -OCH3 is 1. The summed E-state index contributed by atoms with van der Waals surface area (Å²) in [6.07, 6.45) is -3.64. The lowest BCUT2D eigenvalue weighted by Crippen LogP contribution is -2.23. The van der Waals surface area contributed by atoms with E-state index in [2.05, 4.69) is 15.2 Å². The maximum Gasteiger partial charge on any atom is 0.435 e. The molecule has 0 aliphatic carbocycles. The number of alkyl halides is 3. The van der Waals surface area contributed by atoms with Gasteiger partial charge in [0.25, 0.3) is 5.91 Å². The number of anilines is 1. The molecule has 150 valence electrons. The quantitative estimate of drug-likeness (QED) is 0.748. The minimum atomic E-state index is -4.62. The number of ether oxygens (including phenoxy) is 2.